The van der Waals surface area contributed by atoms with Gasteiger partial charge in [-0.2, -0.15) is 5.26 Å². The van der Waals surface area contributed by atoms with E-state index in [-0.39, 0.29) is 24.8 Å². The van der Waals surface area contributed by atoms with E-state index in [1.807, 2.05) is 36.4 Å². The minimum Gasteiger partial charge on any atom is -0.451 e. The zero-order chi connectivity index (χ0) is 20.3. The van der Waals surface area contributed by atoms with Crippen molar-refractivity contribution >= 4 is 29.5 Å². The maximum Gasteiger partial charge on any atom is 0.330 e. The van der Waals surface area contributed by atoms with Gasteiger partial charge in [0.1, 0.15) is 10.9 Å². The van der Waals surface area contributed by atoms with Crippen LogP contribution in [0.2, 0.25) is 0 Å². The normalized spacial score (nSPS) is 24.4. The number of likely N-dealkylation sites (N-methyl/N-ethyl adjacent to an activating group) is 1. The van der Waals surface area contributed by atoms with Crippen LogP contribution in [0.5, 0.6) is 0 Å². The second-order valence-electron chi connectivity index (χ2n) is 6.99. The lowest BCUT2D eigenvalue weighted by Gasteiger charge is -2.34. The highest BCUT2D eigenvalue weighted by atomic mass is 32.2. The van der Waals surface area contributed by atoms with Crippen LogP contribution in [-0.4, -0.2) is 59.1 Å². The van der Waals surface area contributed by atoms with E-state index in [1.54, 1.807) is 23.7 Å². The topological polar surface area (TPSA) is 90.7 Å². The number of ether oxygens (including phenoxy) is 1. The molecular weight excluding hydrogens is 378 g/mol. The third-order valence-corrected chi connectivity index (χ3v) is 6.80. The molecule has 0 aromatic heterocycles. The highest BCUT2D eigenvalue weighted by molar-refractivity contribution is 8.00. The monoisotopic (exact) mass is 401 g/mol. The Morgan fingerprint density at radius 3 is 2.82 bits per heavy atom. The minimum absolute atomic E-state index is 0.0686. The Labute approximate surface area is 168 Å². The van der Waals surface area contributed by atoms with E-state index in [2.05, 4.69) is 0 Å². The molecule has 2 amide bonds. The Kier molecular flexibility index (Phi) is 5.94. The zero-order valence-electron chi connectivity index (χ0n) is 16.0. The van der Waals surface area contributed by atoms with Crippen LogP contribution in [0.25, 0.3) is 0 Å². The predicted molar refractivity (Wildman–Crippen MR) is 104 cm³/mol. The highest BCUT2D eigenvalue weighted by Crippen LogP contribution is 2.54. The fraction of sp³-hybridized carbons (Fsp3) is 0.500. The number of hydrogen-bond acceptors (Lipinski definition) is 6. The molecule has 2 heterocycles. The van der Waals surface area contributed by atoms with Crippen molar-refractivity contribution < 1.29 is 19.1 Å². The van der Waals surface area contributed by atoms with Gasteiger partial charge in [-0.3, -0.25) is 9.59 Å². The molecule has 2 saturated heterocycles. The van der Waals surface area contributed by atoms with Crippen LogP contribution >= 0.6 is 11.8 Å². The van der Waals surface area contributed by atoms with Crippen molar-refractivity contribution in [3.63, 3.8) is 0 Å². The molecule has 2 aliphatic heterocycles. The standard InChI is InChI=1S/C20H23N3O4S/c1-14(18(25)22(2)12-6-11-21)27-19(26)16-13-28-20(10-9-17(24)23(16)20)15-7-4-3-5-8-15/h3-5,7-8,14,16H,6,9-10,12-13H2,1-2H3/t14-,16-,20+/m0/s1. The van der Waals surface area contributed by atoms with Crippen LogP contribution in [0, 0.1) is 11.3 Å². The Morgan fingerprint density at radius 1 is 1.43 bits per heavy atom. The van der Waals surface area contributed by atoms with E-state index in [1.165, 1.54) is 11.8 Å². The van der Waals surface area contributed by atoms with Gasteiger partial charge in [0.05, 0.1) is 12.5 Å². The molecule has 0 unspecified atom stereocenters. The number of fused-ring (bicyclic) bond motifs is 1. The van der Waals surface area contributed by atoms with E-state index in [9.17, 15) is 14.4 Å². The number of esters is 1. The molecule has 0 radical (unpaired) electrons. The summed E-state index contributed by atoms with van der Waals surface area (Å²) >= 11 is 1.58. The van der Waals surface area contributed by atoms with Crippen molar-refractivity contribution in [2.75, 3.05) is 19.3 Å². The molecule has 0 bridgehead atoms. The Hall–Kier alpha value is -2.53. The lowest BCUT2D eigenvalue weighted by atomic mass is 10.0. The van der Waals surface area contributed by atoms with Crippen molar-refractivity contribution in [3.8, 4) is 6.07 Å². The Balaban J connectivity index is 1.72. The average molecular weight is 401 g/mol. The molecule has 0 spiro atoms. The fourth-order valence-electron chi connectivity index (χ4n) is 3.76. The summed E-state index contributed by atoms with van der Waals surface area (Å²) in [6.45, 7) is 1.79. The summed E-state index contributed by atoms with van der Waals surface area (Å²) in [5.41, 5.74) is 1.00. The van der Waals surface area contributed by atoms with Crippen molar-refractivity contribution in [2.24, 2.45) is 0 Å². The lowest BCUT2D eigenvalue weighted by molar-refractivity contribution is -0.164. The second-order valence-corrected chi connectivity index (χ2v) is 8.29. The molecule has 28 heavy (non-hydrogen) atoms. The molecule has 0 N–H and O–H groups in total. The molecule has 148 valence electrons. The Morgan fingerprint density at radius 2 is 2.14 bits per heavy atom. The van der Waals surface area contributed by atoms with Crippen LogP contribution in [0.3, 0.4) is 0 Å². The van der Waals surface area contributed by atoms with Gasteiger partial charge in [-0.15, -0.1) is 11.8 Å². The molecule has 1 aromatic carbocycles. The van der Waals surface area contributed by atoms with E-state index in [4.69, 9.17) is 10.00 Å². The summed E-state index contributed by atoms with van der Waals surface area (Å²) in [7, 11) is 1.57. The summed E-state index contributed by atoms with van der Waals surface area (Å²) < 4.78 is 5.41. The van der Waals surface area contributed by atoms with Gasteiger partial charge in [0.2, 0.25) is 5.91 Å². The first kappa shape index (κ1) is 20.2. The largest absolute Gasteiger partial charge is 0.451 e. The first-order valence-electron chi connectivity index (χ1n) is 9.25. The smallest absolute Gasteiger partial charge is 0.330 e. The van der Waals surface area contributed by atoms with Gasteiger partial charge >= 0.3 is 5.97 Å². The number of carbonyl (C=O) groups excluding carboxylic acids is 3. The fourth-order valence-corrected chi connectivity index (χ4v) is 5.39. The molecule has 2 aliphatic rings. The predicted octanol–water partition coefficient (Wildman–Crippen LogP) is 1.88. The SMILES string of the molecule is C[C@H](OC(=O)[C@@H]1CS[C@@]2(c3ccccc3)CCC(=O)N12)C(=O)N(C)CCC#N. The molecule has 8 heteroatoms. The van der Waals surface area contributed by atoms with Crippen LogP contribution in [0.4, 0.5) is 0 Å². The number of carbonyl (C=O) groups is 3. The van der Waals surface area contributed by atoms with Gasteiger partial charge in [-0.1, -0.05) is 30.3 Å². The van der Waals surface area contributed by atoms with E-state index >= 15 is 0 Å². The van der Waals surface area contributed by atoms with Crippen LogP contribution in [0.1, 0.15) is 31.7 Å². The first-order valence-corrected chi connectivity index (χ1v) is 10.2. The molecule has 1 aromatic rings. The number of hydrogen-bond donors (Lipinski definition) is 0. The Bertz CT molecular complexity index is 809. The van der Waals surface area contributed by atoms with Gasteiger partial charge in [0.25, 0.3) is 5.91 Å². The van der Waals surface area contributed by atoms with Crippen molar-refractivity contribution in [2.45, 2.75) is 43.2 Å². The number of amides is 2. The number of rotatable bonds is 6. The molecule has 2 fully saturated rings. The molecule has 3 rings (SSSR count). The third kappa shape index (κ3) is 3.59. The number of benzene rings is 1. The van der Waals surface area contributed by atoms with Crippen molar-refractivity contribution in [1.29, 1.82) is 5.26 Å². The summed E-state index contributed by atoms with van der Waals surface area (Å²) in [5, 5.41) is 8.64. The van der Waals surface area contributed by atoms with E-state index in [0.29, 0.717) is 18.6 Å². The second kappa shape index (κ2) is 8.23. The van der Waals surface area contributed by atoms with Crippen LogP contribution in [0.15, 0.2) is 30.3 Å². The molecular formula is C20H23N3O4S. The van der Waals surface area contributed by atoms with Gasteiger partial charge in [0, 0.05) is 25.8 Å². The van der Waals surface area contributed by atoms with Crippen molar-refractivity contribution in [3.05, 3.63) is 35.9 Å². The van der Waals surface area contributed by atoms with Gasteiger partial charge < -0.3 is 14.5 Å². The average Bonchev–Trinajstić information content (AvgIpc) is 3.25. The lowest BCUT2D eigenvalue weighted by Crippen LogP contribution is -2.48. The molecule has 0 aliphatic carbocycles. The summed E-state index contributed by atoms with van der Waals surface area (Å²) in [5.74, 6) is -0.558. The maximum atomic E-state index is 12.8. The number of nitrogens with zero attached hydrogens (tertiary/aromatic N) is 3. The van der Waals surface area contributed by atoms with E-state index in [0.717, 1.165) is 5.56 Å². The van der Waals surface area contributed by atoms with Crippen LogP contribution < -0.4 is 0 Å². The summed E-state index contributed by atoms with van der Waals surface area (Å²) in [6.07, 6.45) is 0.280. The van der Waals surface area contributed by atoms with Crippen LogP contribution in [-0.2, 0) is 24.0 Å². The maximum absolute atomic E-state index is 12.8. The summed E-state index contributed by atoms with van der Waals surface area (Å²) in [4.78, 5) is 40.2. The minimum atomic E-state index is -0.967. The van der Waals surface area contributed by atoms with Crippen molar-refractivity contribution in [1.82, 2.24) is 9.80 Å². The zero-order valence-corrected chi connectivity index (χ0v) is 16.8. The quantitative estimate of drug-likeness (QED) is 0.676. The molecule has 3 atom stereocenters. The highest BCUT2D eigenvalue weighted by Gasteiger charge is 2.57. The van der Waals surface area contributed by atoms with Gasteiger partial charge in [0.15, 0.2) is 6.10 Å². The van der Waals surface area contributed by atoms with Gasteiger partial charge in [-0.25, -0.2) is 4.79 Å². The molecule has 0 saturated carbocycles. The molecule has 7 nitrogen and oxygen atoms in total. The van der Waals surface area contributed by atoms with Gasteiger partial charge in [-0.05, 0) is 18.9 Å². The summed E-state index contributed by atoms with van der Waals surface area (Å²) in [6, 6.07) is 11.0. The number of thioether (sulfide) groups is 1. The van der Waals surface area contributed by atoms with E-state index < -0.39 is 23.0 Å². The third-order valence-electron chi connectivity index (χ3n) is 5.20. The number of nitriles is 1. The first-order chi connectivity index (χ1) is 13.4.